The van der Waals surface area contributed by atoms with Crippen molar-refractivity contribution in [2.24, 2.45) is 4.36 Å². The Morgan fingerprint density at radius 2 is 1.96 bits per heavy atom. The number of amides is 3. The molecule has 1 aromatic rings. The highest BCUT2D eigenvalue weighted by atomic mass is 32.2. The van der Waals surface area contributed by atoms with Crippen LogP contribution in [-0.2, 0) is 21.7 Å². The van der Waals surface area contributed by atoms with Crippen molar-refractivity contribution < 1.29 is 22.7 Å². The smallest absolute Gasteiger partial charge is 0.323 e. The van der Waals surface area contributed by atoms with Gasteiger partial charge in [0.15, 0.2) is 0 Å². The molecule has 1 rings (SSSR count). The highest BCUT2D eigenvalue weighted by Crippen LogP contribution is 2.28. The third kappa shape index (κ3) is 6.83. The topological polar surface area (TPSA) is 105 Å². The summed E-state index contributed by atoms with van der Waals surface area (Å²) in [7, 11) is 0.236. The maximum absolute atomic E-state index is 12.5. The van der Waals surface area contributed by atoms with E-state index in [0.717, 1.165) is 25.7 Å². The maximum Gasteiger partial charge on any atom is 0.323 e. The molecule has 0 unspecified atom stereocenters. The molecule has 0 radical (unpaired) electrons. The number of hydrogen-bond donors (Lipinski definition) is 1. The zero-order chi connectivity index (χ0) is 19.5. The summed E-state index contributed by atoms with van der Waals surface area (Å²) in [6.07, 6.45) is 3.75. The number of ether oxygens (including phenoxy) is 1. The van der Waals surface area contributed by atoms with E-state index in [-0.39, 0.29) is 23.8 Å². The molecule has 0 aromatic heterocycles. The fraction of sp³-hybridized carbons (Fsp3) is 0.529. The van der Waals surface area contributed by atoms with Crippen molar-refractivity contribution in [1.82, 2.24) is 10.2 Å². The minimum atomic E-state index is -2.64. The van der Waals surface area contributed by atoms with E-state index in [1.165, 1.54) is 25.1 Å². The van der Waals surface area contributed by atoms with Gasteiger partial charge in [-0.2, -0.15) is 8.42 Å². The third-order valence-electron chi connectivity index (χ3n) is 3.77. The summed E-state index contributed by atoms with van der Waals surface area (Å²) in [5.41, 5.74) is 0.656. The van der Waals surface area contributed by atoms with Crippen LogP contribution in [0.25, 0.3) is 0 Å². The summed E-state index contributed by atoms with van der Waals surface area (Å²) in [5, 5.41) is 2.47. The second-order valence-corrected chi connectivity index (χ2v) is 6.27. The van der Waals surface area contributed by atoms with Gasteiger partial charge in [0.25, 0.3) is 0 Å². The Labute approximate surface area is 155 Å². The minimum absolute atomic E-state index is 0.0425. The molecular weight excluding hydrogens is 358 g/mol. The molecule has 0 aliphatic rings. The number of nitrogens with zero attached hydrogens (tertiary/aromatic N) is 2. The molecule has 1 aromatic carbocycles. The molecule has 1 N–H and O–H groups in total. The number of carbonyl (C=O) groups excluding carboxylic acids is 2. The van der Waals surface area contributed by atoms with Crippen molar-refractivity contribution in [3.63, 3.8) is 0 Å². The first-order valence-electron chi connectivity index (χ1n) is 8.43. The van der Waals surface area contributed by atoms with Crippen LogP contribution in [0.4, 0.5) is 10.5 Å². The standard InChI is InChI=1S/C17H25N3O5S/c1-4-5-6-7-10-20(17(22)18-2)16(21)12-13-8-9-15(25-3)14(11-13)19-26(23)24/h8-9,11H,4-7,10,12H2,1-3H3,(H,18,22). The summed E-state index contributed by atoms with van der Waals surface area (Å²) in [6.45, 7) is 2.43. The first kappa shape index (κ1) is 21.6. The number of benzene rings is 1. The molecule has 0 bridgehead atoms. The van der Waals surface area contributed by atoms with Crippen LogP contribution in [0.1, 0.15) is 38.2 Å². The van der Waals surface area contributed by atoms with Crippen molar-refractivity contribution in [2.45, 2.75) is 39.0 Å². The fourth-order valence-corrected chi connectivity index (χ4v) is 2.74. The van der Waals surface area contributed by atoms with Gasteiger partial charge in [0.2, 0.25) is 5.91 Å². The molecule has 0 aliphatic carbocycles. The van der Waals surface area contributed by atoms with Gasteiger partial charge in [-0.25, -0.2) is 4.79 Å². The fourth-order valence-electron chi connectivity index (χ4n) is 2.44. The second-order valence-electron chi connectivity index (χ2n) is 5.65. The molecule has 0 fully saturated rings. The molecule has 26 heavy (non-hydrogen) atoms. The lowest BCUT2D eigenvalue weighted by Crippen LogP contribution is -2.43. The SMILES string of the molecule is CCCCCCN(C(=O)Cc1ccc(OC)c(N=S(=O)=O)c1)C(=O)NC. The van der Waals surface area contributed by atoms with Crippen LogP contribution in [0.5, 0.6) is 5.75 Å². The van der Waals surface area contributed by atoms with Crippen LogP contribution < -0.4 is 10.1 Å². The van der Waals surface area contributed by atoms with Gasteiger partial charge in [-0.1, -0.05) is 32.3 Å². The van der Waals surface area contributed by atoms with E-state index in [1.54, 1.807) is 12.1 Å². The minimum Gasteiger partial charge on any atom is -0.494 e. The monoisotopic (exact) mass is 383 g/mol. The van der Waals surface area contributed by atoms with Gasteiger partial charge in [0.1, 0.15) is 11.4 Å². The Balaban J connectivity index is 2.93. The zero-order valence-corrected chi connectivity index (χ0v) is 16.1. The number of imide groups is 1. The Hall–Kier alpha value is -2.42. The van der Waals surface area contributed by atoms with E-state index in [4.69, 9.17) is 4.74 Å². The van der Waals surface area contributed by atoms with Gasteiger partial charge in [-0.05, 0) is 24.1 Å². The van der Waals surface area contributed by atoms with Crippen LogP contribution in [0.2, 0.25) is 0 Å². The summed E-state index contributed by atoms with van der Waals surface area (Å²) in [6, 6.07) is 4.19. The van der Waals surface area contributed by atoms with Crippen LogP contribution in [0.3, 0.4) is 0 Å². The summed E-state index contributed by atoms with van der Waals surface area (Å²) in [4.78, 5) is 25.7. The highest BCUT2D eigenvalue weighted by molar-refractivity contribution is 7.61. The molecule has 0 saturated heterocycles. The number of unbranched alkanes of at least 4 members (excludes halogenated alkanes) is 3. The second kappa shape index (κ2) is 11.2. The molecule has 9 heteroatoms. The van der Waals surface area contributed by atoms with Gasteiger partial charge in [0, 0.05) is 13.6 Å². The lowest BCUT2D eigenvalue weighted by atomic mass is 10.1. The molecule has 0 saturated carbocycles. The lowest BCUT2D eigenvalue weighted by molar-refractivity contribution is -0.127. The Morgan fingerprint density at radius 1 is 1.23 bits per heavy atom. The molecule has 0 atom stereocenters. The van der Waals surface area contributed by atoms with E-state index in [1.807, 2.05) is 0 Å². The van der Waals surface area contributed by atoms with Gasteiger partial charge in [-0.15, -0.1) is 4.36 Å². The molecule has 0 aliphatic heterocycles. The maximum atomic E-state index is 12.5. The Kier molecular flexibility index (Phi) is 9.35. The summed E-state index contributed by atoms with van der Waals surface area (Å²) < 4.78 is 30.2. The molecule has 3 amide bonds. The Bertz CT molecular complexity index is 754. The number of rotatable bonds is 9. The average molecular weight is 383 g/mol. The molecular formula is C17H25N3O5S. The number of urea groups is 1. The molecule has 8 nitrogen and oxygen atoms in total. The van der Waals surface area contributed by atoms with Gasteiger partial charge < -0.3 is 10.1 Å². The first-order chi connectivity index (χ1) is 12.4. The molecule has 144 valence electrons. The predicted octanol–water partition coefficient (Wildman–Crippen LogP) is 2.68. The third-order valence-corrected chi connectivity index (χ3v) is 4.11. The highest BCUT2D eigenvalue weighted by Gasteiger charge is 2.20. The number of methoxy groups -OCH3 is 1. The van der Waals surface area contributed by atoms with Crippen molar-refractivity contribution in [2.75, 3.05) is 20.7 Å². The average Bonchev–Trinajstić information content (AvgIpc) is 2.60. The van der Waals surface area contributed by atoms with E-state index in [9.17, 15) is 18.0 Å². The van der Waals surface area contributed by atoms with E-state index in [0.29, 0.717) is 12.1 Å². The van der Waals surface area contributed by atoms with Gasteiger partial charge in [0.05, 0.1) is 13.5 Å². The van der Waals surface area contributed by atoms with Crippen molar-refractivity contribution in [1.29, 1.82) is 0 Å². The normalized spacial score (nSPS) is 10.1. The van der Waals surface area contributed by atoms with E-state index in [2.05, 4.69) is 16.6 Å². The van der Waals surface area contributed by atoms with Crippen LogP contribution in [-0.4, -0.2) is 46.0 Å². The van der Waals surface area contributed by atoms with Crippen molar-refractivity contribution in [3.8, 4) is 5.75 Å². The molecule has 0 heterocycles. The number of carbonyl (C=O) groups is 2. The Morgan fingerprint density at radius 3 is 2.54 bits per heavy atom. The van der Waals surface area contributed by atoms with Crippen LogP contribution in [0.15, 0.2) is 22.6 Å². The summed E-state index contributed by atoms with van der Waals surface area (Å²) in [5.74, 6) is -0.0756. The lowest BCUT2D eigenvalue weighted by Gasteiger charge is -2.20. The summed E-state index contributed by atoms with van der Waals surface area (Å²) >= 11 is 0. The van der Waals surface area contributed by atoms with Gasteiger partial charge >= 0.3 is 16.5 Å². The largest absolute Gasteiger partial charge is 0.494 e. The van der Waals surface area contributed by atoms with E-state index < -0.39 is 16.5 Å². The predicted molar refractivity (Wildman–Crippen MR) is 98.0 cm³/mol. The van der Waals surface area contributed by atoms with Crippen LogP contribution >= 0.6 is 0 Å². The zero-order valence-electron chi connectivity index (χ0n) is 15.3. The first-order valence-corrected chi connectivity index (χ1v) is 9.46. The van der Waals surface area contributed by atoms with Crippen molar-refractivity contribution >= 4 is 28.1 Å². The number of nitrogens with one attached hydrogen (secondary N) is 1. The molecule has 0 spiro atoms. The number of hydrogen-bond acceptors (Lipinski definition) is 6. The quantitative estimate of drug-likeness (QED) is 0.660. The van der Waals surface area contributed by atoms with Crippen molar-refractivity contribution in [3.05, 3.63) is 23.8 Å². The van der Waals surface area contributed by atoms with Crippen LogP contribution in [0, 0.1) is 0 Å². The van der Waals surface area contributed by atoms with E-state index >= 15 is 0 Å². The van der Waals surface area contributed by atoms with Gasteiger partial charge in [-0.3, -0.25) is 9.69 Å².